The predicted molar refractivity (Wildman–Crippen MR) is 71.9 cm³/mol. The number of aromatic nitrogens is 2. The summed E-state index contributed by atoms with van der Waals surface area (Å²) >= 11 is 0. The number of nitrogens with zero attached hydrogens (tertiary/aromatic N) is 2. The van der Waals surface area contributed by atoms with Gasteiger partial charge in [-0.25, -0.2) is 18.1 Å². The van der Waals surface area contributed by atoms with Crippen LogP contribution in [0.2, 0.25) is 0 Å². The van der Waals surface area contributed by atoms with Crippen molar-refractivity contribution < 1.29 is 8.42 Å². The highest BCUT2D eigenvalue weighted by Gasteiger charge is 2.06. The van der Waals surface area contributed by atoms with Crippen molar-refractivity contribution in [2.75, 3.05) is 12.8 Å². The second kappa shape index (κ2) is 5.07. The third-order valence-corrected chi connectivity index (χ3v) is 3.50. The average molecular weight is 267 g/mol. The monoisotopic (exact) mass is 267 g/mol. The minimum atomic E-state index is -3.09. The van der Waals surface area contributed by atoms with Gasteiger partial charge >= 0.3 is 0 Å². The summed E-state index contributed by atoms with van der Waals surface area (Å²) in [6.45, 7) is 3.17. The molecular weight excluding hydrogens is 250 g/mol. The smallest absolute Gasteiger partial charge is 0.208 e. The standard InChI is InChI=1S/C12H17N3O2S/c1-10-14-11-6-3-4-7-12(11)15(10)9-5-8-13-18(2,16)17/h3-4,6-7,13H,5,8-9H2,1-2H3. The number of aryl methyl sites for hydroxylation is 2. The minimum absolute atomic E-state index is 0.449. The molecule has 0 aliphatic heterocycles. The Morgan fingerprint density at radius 2 is 2.06 bits per heavy atom. The highest BCUT2D eigenvalue weighted by molar-refractivity contribution is 7.88. The largest absolute Gasteiger partial charge is 0.328 e. The molecule has 5 nitrogen and oxygen atoms in total. The Labute approximate surface area is 107 Å². The number of para-hydroxylation sites is 2. The van der Waals surface area contributed by atoms with Crippen LogP contribution in [0.5, 0.6) is 0 Å². The Kier molecular flexibility index (Phi) is 3.68. The Balaban J connectivity index is 2.06. The number of hydrogen-bond acceptors (Lipinski definition) is 3. The van der Waals surface area contributed by atoms with E-state index in [-0.39, 0.29) is 0 Å². The van der Waals surface area contributed by atoms with Crippen LogP contribution in [0.15, 0.2) is 24.3 Å². The molecule has 0 saturated heterocycles. The number of sulfonamides is 1. The lowest BCUT2D eigenvalue weighted by atomic mass is 10.3. The van der Waals surface area contributed by atoms with Crippen molar-refractivity contribution in [1.82, 2.24) is 14.3 Å². The van der Waals surface area contributed by atoms with Crippen LogP contribution >= 0.6 is 0 Å². The molecule has 1 aromatic heterocycles. The van der Waals surface area contributed by atoms with Gasteiger partial charge < -0.3 is 4.57 Å². The highest BCUT2D eigenvalue weighted by Crippen LogP contribution is 2.15. The summed E-state index contributed by atoms with van der Waals surface area (Å²) in [4.78, 5) is 4.46. The van der Waals surface area contributed by atoms with Crippen LogP contribution in [0.3, 0.4) is 0 Å². The van der Waals surface area contributed by atoms with Crippen LogP contribution in [0.4, 0.5) is 0 Å². The van der Waals surface area contributed by atoms with Crippen LogP contribution in [0.25, 0.3) is 11.0 Å². The van der Waals surface area contributed by atoms with Gasteiger partial charge in [0, 0.05) is 13.1 Å². The van der Waals surface area contributed by atoms with Crippen molar-refractivity contribution in [2.45, 2.75) is 19.9 Å². The second-order valence-electron chi connectivity index (χ2n) is 4.32. The summed E-state index contributed by atoms with van der Waals surface area (Å²) in [6, 6.07) is 7.95. The van der Waals surface area contributed by atoms with Crippen molar-refractivity contribution in [3.63, 3.8) is 0 Å². The second-order valence-corrected chi connectivity index (χ2v) is 6.15. The van der Waals surface area contributed by atoms with E-state index >= 15 is 0 Å². The Bertz CT molecular complexity index is 646. The molecule has 0 spiro atoms. The van der Waals surface area contributed by atoms with Gasteiger partial charge in [0.25, 0.3) is 0 Å². The number of nitrogens with one attached hydrogen (secondary N) is 1. The molecule has 1 aromatic carbocycles. The molecule has 0 radical (unpaired) electrons. The Hall–Kier alpha value is -1.40. The summed E-state index contributed by atoms with van der Waals surface area (Å²) in [5, 5.41) is 0. The van der Waals surface area contributed by atoms with Crippen LogP contribution in [-0.2, 0) is 16.6 Å². The lowest BCUT2D eigenvalue weighted by Crippen LogP contribution is -2.23. The van der Waals surface area contributed by atoms with Crippen LogP contribution in [0, 0.1) is 6.92 Å². The number of imidazole rings is 1. The van der Waals surface area contributed by atoms with Gasteiger partial charge in [0.05, 0.1) is 17.3 Å². The molecule has 1 N–H and O–H groups in total. The van der Waals surface area contributed by atoms with Gasteiger partial charge in [-0.05, 0) is 25.5 Å². The van der Waals surface area contributed by atoms with E-state index in [1.54, 1.807) is 0 Å². The van der Waals surface area contributed by atoms with E-state index in [1.807, 2.05) is 31.2 Å². The predicted octanol–water partition coefficient (Wildman–Crippen LogP) is 1.28. The molecule has 0 aliphatic rings. The molecule has 0 amide bonds. The highest BCUT2D eigenvalue weighted by atomic mass is 32.2. The van der Waals surface area contributed by atoms with Gasteiger partial charge in [-0.15, -0.1) is 0 Å². The number of fused-ring (bicyclic) bond motifs is 1. The van der Waals surface area contributed by atoms with E-state index in [0.29, 0.717) is 6.54 Å². The maximum Gasteiger partial charge on any atom is 0.208 e. The van der Waals surface area contributed by atoms with E-state index in [9.17, 15) is 8.42 Å². The number of hydrogen-bond donors (Lipinski definition) is 1. The third kappa shape index (κ3) is 3.08. The van der Waals surface area contributed by atoms with E-state index in [0.717, 1.165) is 29.8 Å². The first-order chi connectivity index (χ1) is 8.47. The number of benzene rings is 1. The van der Waals surface area contributed by atoms with E-state index < -0.39 is 10.0 Å². The Morgan fingerprint density at radius 3 is 2.78 bits per heavy atom. The molecule has 2 rings (SSSR count). The van der Waals surface area contributed by atoms with Crippen LogP contribution < -0.4 is 4.72 Å². The normalized spacial score (nSPS) is 12.1. The SMILES string of the molecule is Cc1nc2ccccc2n1CCCNS(C)(=O)=O. The first kappa shape index (κ1) is 13.0. The maximum absolute atomic E-state index is 10.9. The zero-order valence-corrected chi connectivity index (χ0v) is 11.4. The van der Waals surface area contributed by atoms with Gasteiger partial charge in [0.1, 0.15) is 5.82 Å². The fraction of sp³-hybridized carbons (Fsp3) is 0.417. The summed E-state index contributed by atoms with van der Waals surface area (Å²) in [7, 11) is -3.09. The zero-order valence-electron chi connectivity index (χ0n) is 10.5. The van der Waals surface area contributed by atoms with Crippen molar-refractivity contribution in [3.05, 3.63) is 30.1 Å². The van der Waals surface area contributed by atoms with Crippen LogP contribution in [0.1, 0.15) is 12.2 Å². The fourth-order valence-corrected chi connectivity index (χ4v) is 2.49. The van der Waals surface area contributed by atoms with Gasteiger partial charge in [0.15, 0.2) is 0 Å². The van der Waals surface area contributed by atoms with Crippen molar-refractivity contribution in [3.8, 4) is 0 Å². The molecule has 0 bridgehead atoms. The molecule has 0 unspecified atom stereocenters. The summed E-state index contributed by atoms with van der Waals surface area (Å²) < 4.78 is 26.5. The minimum Gasteiger partial charge on any atom is -0.328 e. The van der Waals surface area contributed by atoms with E-state index in [4.69, 9.17) is 0 Å². The third-order valence-electron chi connectivity index (χ3n) is 2.77. The molecular formula is C12H17N3O2S. The molecule has 1 heterocycles. The van der Waals surface area contributed by atoms with Gasteiger partial charge in [-0.2, -0.15) is 0 Å². The molecule has 0 fully saturated rings. The number of rotatable bonds is 5. The fourth-order valence-electron chi connectivity index (χ4n) is 1.97. The van der Waals surface area contributed by atoms with Gasteiger partial charge in [-0.3, -0.25) is 0 Å². The van der Waals surface area contributed by atoms with Crippen molar-refractivity contribution in [2.24, 2.45) is 0 Å². The average Bonchev–Trinajstić information content (AvgIpc) is 2.59. The molecule has 0 saturated carbocycles. The van der Waals surface area contributed by atoms with Gasteiger partial charge in [0.2, 0.25) is 10.0 Å². The summed E-state index contributed by atoms with van der Waals surface area (Å²) in [6.07, 6.45) is 1.92. The molecule has 2 aromatic rings. The Morgan fingerprint density at radius 1 is 1.33 bits per heavy atom. The lowest BCUT2D eigenvalue weighted by molar-refractivity contribution is 0.575. The molecule has 0 atom stereocenters. The lowest BCUT2D eigenvalue weighted by Gasteiger charge is -2.07. The molecule has 0 aliphatic carbocycles. The van der Waals surface area contributed by atoms with E-state index in [1.165, 1.54) is 6.26 Å². The summed E-state index contributed by atoms with van der Waals surface area (Å²) in [5.41, 5.74) is 2.07. The van der Waals surface area contributed by atoms with Crippen LogP contribution in [-0.4, -0.2) is 30.8 Å². The topological polar surface area (TPSA) is 64.0 Å². The maximum atomic E-state index is 10.9. The van der Waals surface area contributed by atoms with Crippen molar-refractivity contribution >= 4 is 21.1 Å². The first-order valence-corrected chi connectivity index (χ1v) is 7.73. The van der Waals surface area contributed by atoms with Crippen molar-refractivity contribution in [1.29, 1.82) is 0 Å². The van der Waals surface area contributed by atoms with E-state index in [2.05, 4.69) is 14.3 Å². The quantitative estimate of drug-likeness (QED) is 0.830. The summed E-state index contributed by atoms with van der Waals surface area (Å²) in [5.74, 6) is 0.954. The van der Waals surface area contributed by atoms with Gasteiger partial charge in [-0.1, -0.05) is 12.1 Å². The molecule has 98 valence electrons. The zero-order chi connectivity index (χ0) is 13.2. The molecule has 18 heavy (non-hydrogen) atoms. The first-order valence-electron chi connectivity index (χ1n) is 5.84. The molecule has 6 heteroatoms.